The van der Waals surface area contributed by atoms with E-state index in [1.807, 2.05) is 0 Å². The number of ether oxygens (including phenoxy) is 1. The third-order valence-electron chi connectivity index (χ3n) is 7.27. The van der Waals surface area contributed by atoms with Gasteiger partial charge >= 0.3 is 0 Å². The molecule has 3 nitrogen and oxygen atoms in total. The minimum Gasteiger partial charge on any atom is -0.497 e. The zero-order chi connectivity index (χ0) is 16.2. The van der Waals surface area contributed by atoms with Gasteiger partial charge in [-0.1, -0.05) is 13.0 Å². The summed E-state index contributed by atoms with van der Waals surface area (Å²) in [5.41, 5.74) is 1.56. The van der Waals surface area contributed by atoms with Crippen LogP contribution in [-0.4, -0.2) is 17.8 Å². The molecule has 2 saturated carbocycles. The molecular weight excluding hydrogens is 286 g/mol. The van der Waals surface area contributed by atoms with Crippen molar-refractivity contribution in [2.24, 2.45) is 17.3 Å². The minimum atomic E-state index is -1.12. The second kappa shape index (κ2) is 4.98. The molecule has 4 rings (SSSR count). The van der Waals surface area contributed by atoms with Crippen LogP contribution in [0.5, 0.6) is 5.75 Å². The Morgan fingerprint density at radius 1 is 1.26 bits per heavy atom. The van der Waals surface area contributed by atoms with Crippen molar-refractivity contribution < 1.29 is 9.84 Å². The Morgan fingerprint density at radius 2 is 2.09 bits per heavy atom. The highest BCUT2D eigenvalue weighted by Gasteiger charge is 2.62. The predicted molar refractivity (Wildman–Crippen MR) is 88.2 cm³/mol. The normalized spacial score (nSPS) is 41.4. The van der Waals surface area contributed by atoms with Gasteiger partial charge in [0, 0.05) is 5.41 Å². The van der Waals surface area contributed by atoms with Crippen molar-refractivity contribution in [2.45, 2.75) is 57.0 Å². The molecule has 3 heteroatoms. The van der Waals surface area contributed by atoms with E-state index in [1.54, 1.807) is 7.11 Å². The summed E-state index contributed by atoms with van der Waals surface area (Å²) in [6, 6.07) is 8.77. The van der Waals surface area contributed by atoms with E-state index < -0.39 is 5.60 Å². The van der Waals surface area contributed by atoms with Crippen LogP contribution in [0.2, 0.25) is 0 Å². The zero-order valence-electron chi connectivity index (χ0n) is 14.0. The molecule has 3 aliphatic rings. The molecule has 5 atom stereocenters. The van der Waals surface area contributed by atoms with Gasteiger partial charge in [-0.2, -0.15) is 5.26 Å². The number of benzene rings is 1. The van der Waals surface area contributed by atoms with Gasteiger partial charge in [-0.05, 0) is 79.5 Å². The summed E-state index contributed by atoms with van der Waals surface area (Å²) in [7, 11) is 1.72. The molecule has 0 bridgehead atoms. The third-order valence-corrected chi connectivity index (χ3v) is 7.27. The van der Waals surface area contributed by atoms with Crippen LogP contribution >= 0.6 is 0 Å². The molecule has 1 N–H and O–H groups in total. The van der Waals surface area contributed by atoms with Crippen LogP contribution in [0.25, 0.3) is 0 Å². The van der Waals surface area contributed by atoms with Gasteiger partial charge in [0.05, 0.1) is 13.2 Å². The maximum atomic E-state index is 10.8. The minimum absolute atomic E-state index is 0.229. The first-order valence-electron chi connectivity index (χ1n) is 8.83. The number of fused-ring (bicyclic) bond motifs is 5. The van der Waals surface area contributed by atoms with E-state index in [2.05, 4.69) is 31.2 Å². The quantitative estimate of drug-likeness (QED) is 0.802. The van der Waals surface area contributed by atoms with Crippen LogP contribution in [0.15, 0.2) is 18.2 Å². The van der Waals surface area contributed by atoms with Gasteiger partial charge in [-0.25, -0.2) is 0 Å². The Morgan fingerprint density at radius 3 is 2.83 bits per heavy atom. The van der Waals surface area contributed by atoms with Crippen molar-refractivity contribution in [1.82, 2.24) is 0 Å². The predicted octanol–water partition coefficient (Wildman–Crippen LogP) is 3.81. The number of hydrogen-bond acceptors (Lipinski definition) is 3. The molecule has 0 spiro atoms. The highest BCUT2D eigenvalue weighted by molar-refractivity contribution is 5.41. The van der Waals surface area contributed by atoms with Gasteiger partial charge < -0.3 is 9.84 Å². The molecule has 122 valence electrons. The van der Waals surface area contributed by atoms with Crippen molar-refractivity contribution >= 4 is 0 Å². The molecule has 1 unspecified atom stereocenters. The molecular formula is C20H25NO2. The first-order valence-corrected chi connectivity index (χ1v) is 8.83. The van der Waals surface area contributed by atoms with Crippen molar-refractivity contribution in [3.8, 4) is 11.8 Å². The Bertz CT molecular complexity index is 679. The maximum absolute atomic E-state index is 10.8. The van der Waals surface area contributed by atoms with Gasteiger partial charge in [0.15, 0.2) is 5.60 Å². The van der Waals surface area contributed by atoms with Gasteiger partial charge in [0.1, 0.15) is 5.75 Å². The number of nitriles is 1. The fourth-order valence-corrected chi connectivity index (χ4v) is 5.89. The molecule has 1 aromatic carbocycles. The number of rotatable bonds is 1. The number of nitrogens with zero attached hydrogens (tertiary/aromatic N) is 1. The van der Waals surface area contributed by atoms with E-state index >= 15 is 0 Å². The molecule has 23 heavy (non-hydrogen) atoms. The molecule has 0 aromatic heterocycles. The second-order valence-electron chi connectivity index (χ2n) is 7.95. The smallest absolute Gasteiger partial charge is 0.156 e. The van der Waals surface area contributed by atoms with E-state index in [-0.39, 0.29) is 5.41 Å². The standard InChI is InChI=1S/C20H25NO2/c1-19-9-7-16-15-6-4-14(23-2)11-13(15)3-5-17(16)18(19)8-10-20(19,22)12-21/h4,6,11,16-18,22H,3,5,7-10H2,1-2H3/t16-,17-,18+,19-,20?/m1/s1. The van der Waals surface area contributed by atoms with E-state index in [9.17, 15) is 10.4 Å². The first-order chi connectivity index (χ1) is 11.0. The van der Waals surface area contributed by atoms with Gasteiger partial charge in [-0.3, -0.25) is 0 Å². The molecule has 0 aliphatic heterocycles. The fraction of sp³-hybridized carbons (Fsp3) is 0.650. The molecule has 3 aliphatic carbocycles. The van der Waals surface area contributed by atoms with Crippen LogP contribution in [0, 0.1) is 28.6 Å². The molecule has 0 heterocycles. The van der Waals surface area contributed by atoms with Crippen LogP contribution in [0.3, 0.4) is 0 Å². The zero-order valence-corrected chi connectivity index (χ0v) is 14.0. The lowest BCUT2D eigenvalue weighted by atomic mass is 9.53. The summed E-state index contributed by atoms with van der Waals surface area (Å²) in [4.78, 5) is 0. The number of methoxy groups -OCH3 is 1. The lowest BCUT2D eigenvalue weighted by Gasteiger charge is -2.51. The third kappa shape index (κ3) is 1.91. The molecule has 0 amide bonds. The summed E-state index contributed by atoms with van der Waals surface area (Å²) in [5, 5.41) is 20.4. The number of hydrogen-bond donors (Lipinski definition) is 1. The average molecular weight is 311 g/mol. The topological polar surface area (TPSA) is 53.2 Å². The Labute approximate surface area is 138 Å². The summed E-state index contributed by atoms with van der Waals surface area (Å²) in [6.45, 7) is 2.16. The molecule has 1 aromatic rings. The lowest BCUT2D eigenvalue weighted by Crippen LogP contribution is -2.50. The summed E-state index contributed by atoms with van der Waals surface area (Å²) in [6.07, 6.45) is 5.93. The van der Waals surface area contributed by atoms with Crippen molar-refractivity contribution in [3.05, 3.63) is 29.3 Å². The monoisotopic (exact) mass is 311 g/mol. The average Bonchev–Trinajstić information content (AvgIpc) is 2.86. The SMILES string of the molecule is COc1ccc2c(c1)CC[C@@H]1[C@@H]2CC[C@]2(C)[C@H]1CCC2(O)C#N. The summed E-state index contributed by atoms with van der Waals surface area (Å²) >= 11 is 0. The van der Waals surface area contributed by atoms with Gasteiger partial charge in [0.2, 0.25) is 0 Å². The molecule has 2 fully saturated rings. The van der Waals surface area contributed by atoms with E-state index in [0.717, 1.165) is 31.4 Å². The highest BCUT2D eigenvalue weighted by atomic mass is 16.5. The molecule has 0 radical (unpaired) electrons. The fourth-order valence-electron chi connectivity index (χ4n) is 5.89. The Kier molecular flexibility index (Phi) is 3.25. The van der Waals surface area contributed by atoms with Crippen LogP contribution in [0.1, 0.15) is 56.1 Å². The van der Waals surface area contributed by atoms with E-state index in [4.69, 9.17) is 4.74 Å². The largest absolute Gasteiger partial charge is 0.497 e. The second-order valence-corrected chi connectivity index (χ2v) is 7.95. The van der Waals surface area contributed by atoms with Crippen LogP contribution in [-0.2, 0) is 6.42 Å². The van der Waals surface area contributed by atoms with E-state index in [1.165, 1.54) is 17.5 Å². The van der Waals surface area contributed by atoms with Crippen LogP contribution in [0.4, 0.5) is 0 Å². The van der Waals surface area contributed by atoms with Crippen molar-refractivity contribution in [3.63, 3.8) is 0 Å². The Hall–Kier alpha value is -1.53. The van der Waals surface area contributed by atoms with E-state index in [0.29, 0.717) is 24.2 Å². The highest BCUT2D eigenvalue weighted by Crippen LogP contribution is 2.64. The molecule has 0 saturated heterocycles. The van der Waals surface area contributed by atoms with Crippen molar-refractivity contribution in [1.29, 1.82) is 5.26 Å². The summed E-state index contributed by atoms with van der Waals surface area (Å²) in [5.74, 6) is 2.62. The van der Waals surface area contributed by atoms with Crippen molar-refractivity contribution in [2.75, 3.05) is 7.11 Å². The summed E-state index contributed by atoms with van der Waals surface area (Å²) < 4.78 is 5.37. The van der Waals surface area contributed by atoms with Gasteiger partial charge in [0.25, 0.3) is 0 Å². The first kappa shape index (κ1) is 15.0. The lowest BCUT2D eigenvalue weighted by molar-refractivity contribution is -0.0660. The maximum Gasteiger partial charge on any atom is 0.156 e. The van der Waals surface area contributed by atoms with Crippen LogP contribution < -0.4 is 4.74 Å². The van der Waals surface area contributed by atoms with Gasteiger partial charge in [-0.15, -0.1) is 0 Å². The number of aliphatic hydroxyl groups is 1. The Balaban J connectivity index is 1.70. The number of aryl methyl sites for hydroxylation is 1.